The molecule has 3 N–H and O–H groups in total. The van der Waals surface area contributed by atoms with Crippen molar-refractivity contribution in [1.29, 1.82) is 0 Å². The Labute approximate surface area is 135 Å². The molecule has 0 aliphatic rings. The fourth-order valence-electron chi connectivity index (χ4n) is 2.32. The molecule has 0 saturated heterocycles. The first-order valence-electron chi connectivity index (χ1n) is 7.37. The summed E-state index contributed by atoms with van der Waals surface area (Å²) in [5, 5.41) is 9.43. The minimum Gasteiger partial charge on any atom is -0.481 e. The number of aliphatic carboxylic acids is 1. The topological polar surface area (TPSA) is 63.3 Å². The van der Waals surface area contributed by atoms with E-state index in [1.807, 2.05) is 48.5 Å². The predicted octanol–water partition coefficient (Wildman–Crippen LogP) is 3.44. The standard InChI is InChI=1S/C18H21NO2S/c19-17(11-12-22-15-9-5-2-6-10-15)16(18(20)21)13-14-7-3-1-4-8-14/h1-10,16-17H,11-13,19H2,(H,20,21)/t16?,17-/m1/s1. The van der Waals surface area contributed by atoms with Crippen LogP contribution in [0.3, 0.4) is 0 Å². The molecular weight excluding hydrogens is 294 g/mol. The number of carboxylic acids is 1. The largest absolute Gasteiger partial charge is 0.481 e. The Bertz CT molecular complexity index is 574. The first-order valence-corrected chi connectivity index (χ1v) is 8.35. The molecule has 2 atom stereocenters. The monoisotopic (exact) mass is 315 g/mol. The van der Waals surface area contributed by atoms with Gasteiger partial charge in [0.15, 0.2) is 0 Å². The van der Waals surface area contributed by atoms with E-state index in [2.05, 4.69) is 12.1 Å². The smallest absolute Gasteiger partial charge is 0.308 e. The van der Waals surface area contributed by atoms with E-state index in [0.29, 0.717) is 12.8 Å². The van der Waals surface area contributed by atoms with Crippen molar-refractivity contribution in [3.8, 4) is 0 Å². The van der Waals surface area contributed by atoms with Crippen molar-refractivity contribution in [3.05, 3.63) is 66.2 Å². The Balaban J connectivity index is 1.87. The van der Waals surface area contributed by atoms with E-state index in [4.69, 9.17) is 5.73 Å². The van der Waals surface area contributed by atoms with E-state index in [-0.39, 0.29) is 6.04 Å². The van der Waals surface area contributed by atoms with Gasteiger partial charge in [-0.05, 0) is 36.3 Å². The third kappa shape index (κ3) is 5.20. The summed E-state index contributed by atoms with van der Waals surface area (Å²) in [6.07, 6.45) is 1.16. The average molecular weight is 315 g/mol. The second-order valence-electron chi connectivity index (χ2n) is 5.25. The quantitative estimate of drug-likeness (QED) is 0.733. The van der Waals surface area contributed by atoms with Crippen LogP contribution in [-0.2, 0) is 11.2 Å². The third-order valence-electron chi connectivity index (χ3n) is 3.60. The number of rotatable bonds is 8. The molecule has 22 heavy (non-hydrogen) atoms. The van der Waals surface area contributed by atoms with Gasteiger partial charge in [0, 0.05) is 10.9 Å². The molecule has 0 aliphatic carbocycles. The van der Waals surface area contributed by atoms with Crippen LogP contribution in [0, 0.1) is 5.92 Å². The highest BCUT2D eigenvalue weighted by Gasteiger charge is 2.25. The van der Waals surface area contributed by atoms with Gasteiger partial charge in [-0.3, -0.25) is 4.79 Å². The molecule has 1 unspecified atom stereocenters. The van der Waals surface area contributed by atoms with E-state index < -0.39 is 11.9 Å². The van der Waals surface area contributed by atoms with E-state index in [0.717, 1.165) is 11.3 Å². The van der Waals surface area contributed by atoms with Gasteiger partial charge >= 0.3 is 5.97 Å². The summed E-state index contributed by atoms with van der Waals surface area (Å²) >= 11 is 1.71. The Morgan fingerprint density at radius 1 is 1.05 bits per heavy atom. The van der Waals surface area contributed by atoms with Gasteiger partial charge in [-0.25, -0.2) is 0 Å². The highest BCUT2D eigenvalue weighted by Crippen LogP contribution is 2.21. The Morgan fingerprint density at radius 2 is 1.64 bits per heavy atom. The first-order chi connectivity index (χ1) is 10.7. The lowest BCUT2D eigenvalue weighted by molar-refractivity contribution is -0.142. The zero-order valence-corrected chi connectivity index (χ0v) is 13.2. The number of hydrogen-bond donors (Lipinski definition) is 2. The lowest BCUT2D eigenvalue weighted by atomic mass is 9.91. The van der Waals surface area contributed by atoms with Gasteiger partial charge < -0.3 is 10.8 Å². The molecule has 0 amide bonds. The molecule has 116 valence electrons. The Morgan fingerprint density at radius 3 is 2.23 bits per heavy atom. The molecule has 0 bridgehead atoms. The van der Waals surface area contributed by atoms with Gasteiger partial charge in [0.2, 0.25) is 0 Å². The van der Waals surface area contributed by atoms with Gasteiger partial charge in [0.1, 0.15) is 0 Å². The molecule has 4 heteroatoms. The molecule has 0 aliphatic heterocycles. The van der Waals surface area contributed by atoms with Gasteiger partial charge in [-0.1, -0.05) is 48.5 Å². The maximum Gasteiger partial charge on any atom is 0.308 e. The van der Waals surface area contributed by atoms with Crippen LogP contribution in [0.4, 0.5) is 0 Å². The summed E-state index contributed by atoms with van der Waals surface area (Å²) in [7, 11) is 0. The van der Waals surface area contributed by atoms with E-state index in [1.54, 1.807) is 11.8 Å². The lowest BCUT2D eigenvalue weighted by Crippen LogP contribution is -2.37. The van der Waals surface area contributed by atoms with Crippen molar-refractivity contribution in [2.24, 2.45) is 11.7 Å². The van der Waals surface area contributed by atoms with Crippen molar-refractivity contribution in [3.63, 3.8) is 0 Å². The average Bonchev–Trinajstić information content (AvgIpc) is 2.54. The van der Waals surface area contributed by atoms with Gasteiger partial charge in [-0.2, -0.15) is 0 Å². The fraction of sp³-hybridized carbons (Fsp3) is 0.278. The lowest BCUT2D eigenvalue weighted by Gasteiger charge is -2.20. The van der Waals surface area contributed by atoms with Crippen molar-refractivity contribution in [2.75, 3.05) is 5.75 Å². The van der Waals surface area contributed by atoms with E-state index in [1.165, 1.54) is 4.90 Å². The summed E-state index contributed by atoms with van der Waals surface area (Å²) in [5.41, 5.74) is 7.15. The molecule has 0 fully saturated rings. The number of nitrogens with two attached hydrogens (primary N) is 1. The molecule has 0 saturated carbocycles. The zero-order valence-electron chi connectivity index (χ0n) is 12.4. The second-order valence-corrected chi connectivity index (χ2v) is 6.42. The van der Waals surface area contributed by atoms with Crippen LogP contribution in [0.2, 0.25) is 0 Å². The molecule has 0 heterocycles. The molecule has 3 nitrogen and oxygen atoms in total. The summed E-state index contributed by atoms with van der Waals surface area (Å²) in [5.74, 6) is -0.538. The van der Waals surface area contributed by atoms with Crippen molar-refractivity contribution < 1.29 is 9.90 Å². The number of thioether (sulfide) groups is 1. The third-order valence-corrected chi connectivity index (χ3v) is 4.64. The van der Waals surface area contributed by atoms with Crippen LogP contribution >= 0.6 is 11.8 Å². The van der Waals surface area contributed by atoms with Crippen molar-refractivity contribution >= 4 is 17.7 Å². The van der Waals surface area contributed by atoms with Crippen molar-refractivity contribution in [1.82, 2.24) is 0 Å². The van der Waals surface area contributed by atoms with Crippen LogP contribution < -0.4 is 5.73 Å². The van der Waals surface area contributed by atoms with E-state index >= 15 is 0 Å². The fourth-order valence-corrected chi connectivity index (χ4v) is 3.30. The SMILES string of the molecule is N[C@H](CCSc1ccccc1)C(Cc1ccccc1)C(=O)O. The predicted molar refractivity (Wildman–Crippen MR) is 91.0 cm³/mol. The minimum atomic E-state index is -0.818. The maximum atomic E-state index is 11.5. The summed E-state index contributed by atoms with van der Waals surface area (Å²) in [4.78, 5) is 12.7. The zero-order chi connectivity index (χ0) is 15.8. The molecule has 2 rings (SSSR count). The van der Waals surface area contributed by atoms with Crippen LogP contribution in [0.15, 0.2) is 65.6 Å². The first kappa shape index (κ1) is 16.6. The highest BCUT2D eigenvalue weighted by atomic mass is 32.2. The maximum absolute atomic E-state index is 11.5. The second kappa shape index (κ2) is 8.61. The van der Waals surface area contributed by atoms with Gasteiger partial charge in [0.05, 0.1) is 5.92 Å². The Hall–Kier alpha value is -1.78. The minimum absolute atomic E-state index is 0.339. The molecule has 0 aromatic heterocycles. The highest BCUT2D eigenvalue weighted by molar-refractivity contribution is 7.99. The van der Waals surface area contributed by atoms with Crippen LogP contribution in [0.5, 0.6) is 0 Å². The van der Waals surface area contributed by atoms with Crippen LogP contribution in [0.1, 0.15) is 12.0 Å². The van der Waals surface area contributed by atoms with Gasteiger partial charge in [-0.15, -0.1) is 11.8 Å². The van der Waals surface area contributed by atoms with Crippen LogP contribution in [-0.4, -0.2) is 22.9 Å². The Kier molecular flexibility index (Phi) is 6.49. The van der Waals surface area contributed by atoms with E-state index in [9.17, 15) is 9.90 Å². The number of benzene rings is 2. The molecule has 0 spiro atoms. The summed E-state index contributed by atoms with van der Waals surface area (Å²) in [6, 6.07) is 19.4. The number of carbonyl (C=O) groups is 1. The number of carboxylic acid groups (broad SMARTS) is 1. The molecule has 0 radical (unpaired) electrons. The van der Waals surface area contributed by atoms with Crippen molar-refractivity contribution in [2.45, 2.75) is 23.8 Å². The van der Waals surface area contributed by atoms with Crippen LogP contribution in [0.25, 0.3) is 0 Å². The summed E-state index contributed by atoms with van der Waals surface area (Å²) < 4.78 is 0. The normalized spacial score (nSPS) is 13.5. The molecular formula is C18H21NO2S. The van der Waals surface area contributed by atoms with Gasteiger partial charge in [0.25, 0.3) is 0 Å². The summed E-state index contributed by atoms with van der Waals surface area (Å²) in [6.45, 7) is 0. The number of hydrogen-bond acceptors (Lipinski definition) is 3. The molecule has 2 aromatic rings. The molecule has 2 aromatic carbocycles.